The first kappa shape index (κ1) is 49.5. The largest absolute Gasteiger partial charge is 0.310 e. The average molecular weight is 1040 g/mol. The van der Waals surface area contributed by atoms with Gasteiger partial charge in [-0.05, 0) is 181 Å². The Morgan fingerprint density at radius 1 is 0.259 bits per heavy atom. The van der Waals surface area contributed by atoms with E-state index in [9.17, 15) is 0 Å². The minimum Gasteiger partial charge on any atom is -0.310 e. The van der Waals surface area contributed by atoms with Crippen molar-refractivity contribution in [2.75, 3.05) is 9.80 Å². The van der Waals surface area contributed by atoms with Gasteiger partial charge < -0.3 is 9.80 Å². The zero-order chi connectivity index (χ0) is 54.0. The average Bonchev–Trinajstić information content (AvgIpc) is 3.98. The van der Waals surface area contributed by atoms with Crippen LogP contribution in [0.3, 0.4) is 0 Å². The minimum atomic E-state index is -0.516. The van der Waals surface area contributed by atoms with Crippen molar-refractivity contribution >= 4 is 34.1 Å². The van der Waals surface area contributed by atoms with Crippen molar-refractivity contribution in [3.8, 4) is 55.6 Å². The van der Waals surface area contributed by atoms with Gasteiger partial charge in [0.1, 0.15) is 0 Å². The van der Waals surface area contributed by atoms with Crippen LogP contribution in [-0.4, -0.2) is 0 Å². The Morgan fingerprint density at radius 3 is 1.17 bits per heavy atom. The second-order valence-electron chi connectivity index (χ2n) is 21.8. The number of rotatable bonds is 13. The Balaban J connectivity index is 0.890. The molecular weight excluding hydrogens is 977 g/mol. The molecule has 0 amide bonds. The maximum atomic E-state index is 2.47. The van der Waals surface area contributed by atoms with Gasteiger partial charge in [0.15, 0.2) is 0 Å². The molecule has 12 aromatic carbocycles. The summed E-state index contributed by atoms with van der Waals surface area (Å²) in [4.78, 5) is 4.89. The highest BCUT2D eigenvalue weighted by molar-refractivity contribution is 5.96. The Hall–Kier alpha value is -9.76. The molecule has 0 saturated heterocycles. The lowest BCUT2D eigenvalue weighted by Crippen LogP contribution is -2.28. The van der Waals surface area contributed by atoms with Crippen LogP contribution in [0, 0.1) is 0 Å². The van der Waals surface area contributed by atoms with Gasteiger partial charge in [-0.25, -0.2) is 0 Å². The van der Waals surface area contributed by atoms with Crippen molar-refractivity contribution in [2.24, 2.45) is 0 Å². The minimum absolute atomic E-state index is 0.516. The molecule has 1 fully saturated rings. The van der Waals surface area contributed by atoms with Crippen molar-refractivity contribution in [1.82, 2.24) is 0 Å². The van der Waals surface area contributed by atoms with Gasteiger partial charge >= 0.3 is 0 Å². The van der Waals surface area contributed by atoms with Crippen molar-refractivity contribution in [3.63, 3.8) is 0 Å². The van der Waals surface area contributed by atoms with Gasteiger partial charge in [-0.1, -0.05) is 250 Å². The lowest BCUT2D eigenvalue weighted by Gasteiger charge is -2.35. The van der Waals surface area contributed by atoms with Gasteiger partial charge in [0, 0.05) is 34.1 Å². The molecule has 0 radical (unpaired) electrons. The molecule has 2 nitrogen and oxygen atoms in total. The number of benzene rings is 12. The summed E-state index contributed by atoms with van der Waals surface area (Å²) in [5.74, 6) is 0.563. The maximum Gasteiger partial charge on any atom is 0.0714 e. The fourth-order valence-corrected chi connectivity index (χ4v) is 13.4. The molecule has 14 rings (SSSR count). The number of hydrogen-bond donors (Lipinski definition) is 0. The summed E-state index contributed by atoms with van der Waals surface area (Å²) < 4.78 is 0. The zero-order valence-electron chi connectivity index (χ0n) is 45.5. The summed E-state index contributed by atoms with van der Waals surface area (Å²) in [6.07, 6.45) is 6.41. The molecule has 0 atom stereocenters. The van der Waals surface area contributed by atoms with Crippen molar-refractivity contribution < 1.29 is 0 Å². The van der Waals surface area contributed by atoms with Crippen LogP contribution in [-0.2, 0) is 5.41 Å². The fraction of sp³-hybridized carbons (Fsp3) is 0.0886. The molecule has 0 unspecified atom stereocenters. The standard InChI is InChI=1S/C79H62N2/c1-8-26-57(27-9-1)69-40-23-25-43-78(69)81(65-38-20-7-21-39-65)67-50-46-61(47-51-67)75-56-72(58-28-10-2-11-29-58)74(55-73(75)59-30-12-3-13-31-59)60-44-48-66(49-45-60)80(64-36-18-6-19-37-64)68-52-53-71-70-41-22-24-42-76(70)79(77(71)54-68,62-32-14-4-15-33-62)63-34-16-5-17-35-63/h2-7,10-25,28-57H,1,8-9,26-27H2. The van der Waals surface area contributed by atoms with Crippen LogP contribution in [0.4, 0.5) is 34.1 Å². The summed E-state index contributed by atoms with van der Waals surface area (Å²) in [5.41, 5.74) is 24.8. The van der Waals surface area contributed by atoms with Gasteiger partial charge in [0.2, 0.25) is 0 Å². The molecule has 0 heterocycles. The SMILES string of the molecule is c1ccc(-c2cc(-c3ccc(N(c4ccccc4)c4ccccc4C4CCCCC4)cc3)c(-c3ccccc3)cc2-c2ccc(N(c3ccccc3)c3ccc4c(c3)C(c3ccccc3)(c3ccccc3)c3ccccc3-4)cc2)cc1. The van der Waals surface area contributed by atoms with Crippen LogP contribution in [0.2, 0.25) is 0 Å². The van der Waals surface area contributed by atoms with Gasteiger partial charge in [0.25, 0.3) is 0 Å². The van der Waals surface area contributed by atoms with Gasteiger partial charge in [0.05, 0.1) is 5.41 Å². The third kappa shape index (κ3) is 9.13. The molecule has 2 heteroatoms. The van der Waals surface area contributed by atoms with Gasteiger partial charge in [-0.2, -0.15) is 0 Å². The van der Waals surface area contributed by atoms with E-state index in [-0.39, 0.29) is 0 Å². The third-order valence-electron chi connectivity index (χ3n) is 17.2. The Morgan fingerprint density at radius 2 is 0.642 bits per heavy atom. The second-order valence-corrected chi connectivity index (χ2v) is 21.8. The van der Waals surface area contributed by atoms with Gasteiger partial charge in [-0.15, -0.1) is 0 Å². The predicted molar refractivity (Wildman–Crippen MR) is 341 cm³/mol. The van der Waals surface area contributed by atoms with Crippen LogP contribution >= 0.6 is 0 Å². The van der Waals surface area contributed by atoms with E-state index >= 15 is 0 Å². The van der Waals surface area contributed by atoms with Crippen LogP contribution in [0.25, 0.3) is 55.6 Å². The van der Waals surface area contributed by atoms with Gasteiger partial charge in [-0.3, -0.25) is 0 Å². The molecule has 0 aromatic heterocycles. The first-order valence-electron chi connectivity index (χ1n) is 28.9. The zero-order valence-corrected chi connectivity index (χ0v) is 45.5. The summed E-state index contributed by atoms with van der Waals surface area (Å²) in [5, 5.41) is 0. The van der Waals surface area contributed by atoms with E-state index in [0.717, 1.165) is 28.3 Å². The second kappa shape index (κ2) is 21.8. The highest BCUT2D eigenvalue weighted by Gasteiger charge is 2.46. The molecule has 388 valence electrons. The van der Waals surface area contributed by atoms with E-state index in [4.69, 9.17) is 0 Å². The van der Waals surface area contributed by atoms with E-state index in [1.807, 2.05) is 0 Å². The normalized spacial score (nSPS) is 13.5. The topological polar surface area (TPSA) is 6.48 Å². The monoisotopic (exact) mass is 1040 g/mol. The smallest absolute Gasteiger partial charge is 0.0714 e. The highest BCUT2D eigenvalue weighted by Crippen LogP contribution is 2.57. The summed E-state index contributed by atoms with van der Waals surface area (Å²) in [6, 6.07) is 114. The van der Waals surface area contributed by atoms with Crippen molar-refractivity contribution in [2.45, 2.75) is 43.4 Å². The summed E-state index contributed by atoms with van der Waals surface area (Å²) in [6.45, 7) is 0. The van der Waals surface area contributed by atoms with E-state index in [2.05, 4.69) is 319 Å². The van der Waals surface area contributed by atoms with E-state index in [1.54, 1.807) is 0 Å². The lowest BCUT2D eigenvalue weighted by molar-refractivity contribution is 0.444. The Kier molecular flexibility index (Phi) is 13.3. The number of para-hydroxylation sites is 3. The number of hydrogen-bond acceptors (Lipinski definition) is 2. The first-order chi connectivity index (χ1) is 40.2. The van der Waals surface area contributed by atoms with Crippen molar-refractivity contribution in [1.29, 1.82) is 0 Å². The summed E-state index contributed by atoms with van der Waals surface area (Å²) >= 11 is 0. The van der Waals surface area contributed by atoms with Crippen LogP contribution in [0.5, 0.6) is 0 Å². The molecule has 1 saturated carbocycles. The van der Waals surface area contributed by atoms with E-state index in [0.29, 0.717) is 5.92 Å². The first-order valence-corrected chi connectivity index (χ1v) is 28.9. The third-order valence-corrected chi connectivity index (χ3v) is 17.2. The molecule has 0 spiro atoms. The molecule has 0 aliphatic heterocycles. The number of nitrogens with zero attached hydrogens (tertiary/aromatic N) is 2. The Bertz CT molecular complexity index is 4060. The highest BCUT2D eigenvalue weighted by atomic mass is 15.1. The molecule has 12 aromatic rings. The lowest BCUT2D eigenvalue weighted by atomic mass is 9.67. The van der Waals surface area contributed by atoms with E-state index in [1.165, 1.54) is 121 Å². The maximum absolute atomic E-state index is 2.47. The molecule has 0 bridgehead atoms. The summed E-state index contributed by atoms with van der Waals surface area (Å²) in [7, 11) is 0. The Labute approximate surface area is 477 Å². The van der Waals surface area contributed by atoms with E-state index < -0.39 is 5.41 Å². The van der Waals surface area contributed by atoms with Crippen LogP contribution < -0.4 is 9.80 Å². The van der Waals surface area contributed by atoms with Crippen LogP contribution in [0.1, 0.15) is 65.8 Å². The molecule has 0 N–H and O–H groups in total. The number of fused-ring (bicyclic) bond motifs is 3. The molecule has 81 heavy (non-hydrogen) atoms. The van der Waals surface area contributed by atoms with Crippen LogP contribution in [0.15, 0.2) is 309 Å². The predicted octanol–water partition coefficient (Wildman–Crippen LogP) is 21.7. The molecular formula is C79H62N2. The molecule has 2 aliphatic carbocycles. The quantitative estimate of drug-likeness (QED) is 0.114. The molecule has 2 aliphatic rings. The number of anilines is 6. The van der Waals surface area contributed by atoms with Crippen molar-refractivity contribution in [3.05, 3.63) is 337 Å². The fourth-order valence-electron chi connectivity index (χ4n) is 13.4.